The van der Waals surface area contributed by atoms with E-state index in [-0.39, 0.29) is 12.0 Å². The minimum absolute atomic E-state index is 0.129. The summed E-state index contributed by atoms with van der Waals surface area (Å²) in [6.45, 7) is 1.28. The van der Waals surface area contributed by atoms with E-state index in [1.54, 1.807) is 0 Å². The van der Waals surface area contributed by atoms with Gasteiger partial charge in [0.1, 0.15) is 11.3 Å². The van der Waals surface area contributed by atoms with Crippen molar-refractivity contribution in [1.82, 2.24) is 10.8 Å². The molecule has 1 heterocycles. The number of rotatable bonds is 8. The summed E-state index contributed by atoms with van der Waals surface area (Å²) in [7, 11) is 0. The zero-order chi connectivity index (χ0) is 23.1. The van der Waals surface area contributed by atoms with E-state index in [0.717, 1.165) is 59.6 Å². The standard InChI is InChI=1S/C26H34N2O4S/c29-23-9-3-20(4-10-23)18-32-24-11-7-22(8-12-24)21-5-1-19(2-6-21)17-27-26(25(30)28-31)13-15-33-16-14-26/h1-2,5-8,11-12,20,23,27,29,31H,3-4,9-10,13-18H2,(H,28,30). The van der Waals surface area contributed by atoms with Crippen LogP contribution >= 0.6 is 11.8 Å². The molecule has 0 radical (unpaired) electrons. The van der Waals surface area contributed by atoms with Crippen molar-refractivity contribution in [2.24, 2.45) is 5.92 Å². The minimum atomic E-state index is -0.702. The summed E-state index contributed by atoms with van der Waals surface area (Å²) in [6, 6.07) is 16.5. The summed E-state index contributed by atoms with van der Waals surface area (Å²) in [5.41, 5.74) is 4.50. The third-order valence-corrected chi connectivity index (χ3v) is 7.94. The quantitative estimate of drug-likeness (QED) is 0.342. The summed E-state index contributed by atoms with van der Waals surface area (Å²) in [4.78, 5) is 12.3. The Hall–Kier alpha value is -2.06. The van der Waals surface area contributed by atoms with Gasteiger partial charge in [0, 0.05) is 6.54 Å². The fraction of sp³-hybridized carbons (Fsp3) is 0.500. The van der Waals surface area contributed by atoms with Gasteiger partial charge in [-0.2, -0.15) is 11.8 Å². The Morgan fingerprint density at radius 1 is 0.970 bits per heavy atom. The number of carbonyl (C=O) groups excluding carboxylic acids is 1. The highest BCUT2D eigenvalue weighted by atomic mass is 32.2. The number of aliphatic hydroxyl groups is 1. The molecule has 0 unspecified atom stereocenters. The van der Waals surface area contributed by atoms with Gasteiger partial charge < -0.3 is 9.84 Å². The lowest BCUT2D eigenvalue weighted by Crippen LogP contribution is -2.58. The number of ether oxygens (including phenoxy) is 1. The molecule has 178 valence electrons. The van der Waals surface area contributed by atoms with Crippen molar-refractivity contribution in [3.8, 4) is 16.9 Å². The summed E-state index contributed by atoms with van der Waals surface area (Å²) in [5.74, 6) is 2.88. The topological polar surface area (TPSA) is 90.8 Å². The lowest BCUT2D eigenvalue weighted by atomic mass is 9.88. The van der Waals surface area contributed by atoms with Crippen molar-refractivity contribution in [3.05, 3.63) is 54.1 Å². The molecular weight excluding hydrogens is 436 g/mol. The monoisotopic (exact) mass is 470 g/mol. The van der Waals surface area contributed by atoms with E-state index in [9.17, 15) is 15.1 Å². The molecule has 4 N–H and O–H groups in total. The SMILES string of the molecule is O=C(NO)C1(NCc2ccc(-c3ccc(OCC4CCC(O)CC4)cc3)cc2)CCSCC1. The third kappa shape index (κ3) is 6.29. The molecule has 0 atom stereocenters. The minimum Gasteiger partial charge on any atom is -0.493 e. The van der Waals surface area contributed by atoms with Crippen molar-refractivity contribution >= 4 is 17.7 Å². The van der Waals surface area contributed by atoms with Gasteiger partial charge >= 0.3 is 0 Å². The number of carbonyl (C=O) groups is 1. The molecule has 2 fully saturated rings. The number of amides is 1. The molecule has 6 nitrogen and oxygen atoms in total. The molecule has 1 saturated heterocycles. The molecule has 4 rings (SSSR count). The summed E-state index contributed by atoms with van der Waals surface area (Å²) < 4.78 is 5.98. The molecule has 2 aromatic carbocycles. The second-order valence-corrected chi connectivity index (χ2v) is 10.4. The van der Waals surface area contributed by atoms with Crippen LogP contribution < -0.4 is 15.5 Å². The van der Waals surface area contributed by atoms with Crippen LogP contribution in [-0.2, 0) is 11.3 Å². The van der Waals surface area contributed by atoms with Crippen LogP contribution in [0.2, 0.25) is 0 Å². The van der Waals surface area contributed by atoms with Crippen LogP contribution in [0.1, 0.15) is 44.1 Å². The van der Waals surface area contributed by atoms with Crippen molar-refractivity contribution in [2.75, 3.05) is 18.1 Å². The van der Waals surface area contributed by atoms with Crippen LogP contribution in [0.3, 0.4) is 0 Å². The molecule has 1 saturated carbocycles. The van der Waals surface area contributed by atoms with Crippen LogP contribution in [0, 0.1) is 5.92 Å². The molecule has 1 aliphatic heterocycles. The Kier molecular flexibility index (Phi) is 8.30. The van der Waals surface area contributed by atoms with Crippen molar-refractivity contribution < 1.29 is 19.8 Å². The number of hydrogen-bond donors (Lipinski definition) is 4. The van der Waals surface area contributed by atoms with Gasteiger partial charge in [-0.25, -0.2) is 5.48 Å². The van der Waals surface area contributed by atoms with Gasteiger partial charge in [0.15, 0.2) is 0 Å². The average molecular weight is 471 g/mol. The number of nitrogens with one attached hydrogen (secondary N) is 2. The number of benzene rings is 2. The lowest BCUT2D eigenvalue weighted by molar-refractivity contribution is -0.136. The van der Waals surface area contributed by atoms with Gasteiger partial charge in [-0.05, 0) is 84.8 Å². The van der Waals surface area contributed by atoms with E-state index in [0.29, 0.717) is 31.9 Å². The maximum atomic E-state index is 12.3. The van der Waals surface area contributed by atoms with Crippen LogP contribution in [0.15, 0.2) is 48.5 Å². The van der Waals surface area contributed by atoms with E-state index in [2.05, 4.69) is 41.7 Å². The Morgan fingerprint density at radius 3 is 2.18 bits per heavy atom. The van der Waals surface area contributed by atoms with E-state index < -0.39 is 5.54 Å². The fourth-order valence-electron chi connectivity index (χ4n) is 4.67. The average Bonchev–Trinajstić information content (AvgIpc) is 2.88. The smallest absolute Gasteiger partial charge is 0.263 e. The first-order chi connectivity index (χ1) is 16.1. The van der Waals surface area contributed by atoms with Gasteiger partial charge in [-0.3, -0.25) is 15.3 Å². The summed E-state index contributed by atoms with van der Waals surface area (Å²) in [5, 5.41) is 22.2. The Labute approximate surface area is 200 Å². The first kappa shape index (κ1) is 24.1. The van der Waals surface area contributed by atoms with Gasteiger partial charge in [0.25, 0.3) is 5.91 Å². The number of hydrogen-bond acceptors (Lipinski definition) is 6. The number of thioether (sulfide) groups is 1. The Balaban J connectivity index is 1.30. The summed E-state index contributed by atoms with van der Waals surface area (Å²) in [6.07, 6.45) is 5.12. The predicted molar refractivity (Wildman–Crippen MR) is 131 cm³/mol. The van der Waals surface area contributed by atoms with Gasteiger partial charge in [-0.1, -0.05) is 36.4 Å². The van der Waals surface area contributed by atoms with Crippen LogP contribution in [-0.4, -0.2) is 46.0 Å². The second-order valence-electron chi connectivity index (χ2n) is 9.20. The third-order valence-electron chi connectivity index (χ3n) is 6.96. The van der Waals surface area contributed by atoms with E-state index in [1.165, 1.54) is 0 Å². The van der Waals surface area contributed by atoms with Crippen molar-refractivity contribution in [2.45, 2.75) is 56.7 Å². The van der Waals surface area contributed by atoms with E-state index >= 15 is 0 Å². The molecule has 1 amide bonds. The highest BCUT2D eigenvalue weighted by Crippen LogP contribution is 2.29. The highest BCUT2D eigenvalue weighted by molar-refractivity contribution is 7.99. The van der Waals surface area contributed by atoms with Crippen LogP contribution in [0.25, 0.3) is 11.1 Å². The molecule has 0 aromatic heterocycles. The van der Waals surface area contributed by atoms with Crippen LogP contribution in [0.5, 0.6) is 5.75 Å². The molecule has 0 bridgehead atoms. The first-order valence-electron chi connectivity index (χ1n) is 11.9. The van der Waals surface area contributed by atoms with Crippen molar-refractivity contribution in [3.63, 3.8) is 0 Å². The van der Waals surface area contributed by atoms with Crippen molar-refractivity contribution in [1.29, 1.82) is 0 Å². The van der Waals surface area contributed by atoms with Crippen LogP contribution in [0.4, 0.5) is 0 Å². The maximum absolute atomic E-state index is 12.3. The Morgan fingerprint density at radius 2 is 1.58 bits per heavy atom. The molecule has 1 aliphatic carbocycles. The zero-order valence-corrected chi connectivity index (χ0v) is 19.8. The molecule has 2 aliphatic rings. The molecule has 7 heteroatoms. The molecule has 2 aromatic rings. The molecule has 33 heavy (non-hydrogen) atoms. The van der Waals surface area contributed by atoms with E-state index in [1.807, 2.05) is 29.4 Å². The maximum Gasteiger partial charge on any atom is 0.263 e. The second kappa shape index (κ2) is 11.4. The molecule has 0 spiro atoms. The van der Waals surface area contributed by atoms with Gasteiger partial charge in [-0.15, -0.1) is 0 Å². The highest BCUT2D eigenvalue weighted by Gasteiger charge is 2.39. The summed E-state index contributed by atoms with van der Waals surface area (Å²) >= 11 is 1.84. The largest absolute Gasteiger partial charge is 0.493 e. The number of aliphatic hydroxyl groups excluding tert-OH is 1. The normalized spacial score (nSPS) is 22.5. The van der Waals surface area contributed by atoms with E-state index in [4.69, 9.17) is 4.74 Å². The zero-order valence-electron chi connectivity index (χ0n) is 19.0. The van der Waals surface area contributed by atoms with Gasteiger partial charge in [0.2, 0.25) is 0 Å². The fourth-order valence-corrected chi connectivity index (χ4v) is 5.86. The number of hydroxylamine groups is 1. The first-order valence-corrected chi connectivity index (χ1v) is 13.0. The Bertz CT molecular complexity index is 890. The predicted octanol–water partition coefficient (Wildman–Crippen LogP) is 4.14. The van der Waals surface area contributed by atoms with Gasteiger partial charge in [0.05, 0.1) is 12.7 Å². The lowest BCUT2D eigenvalue weighted by Gasteiger charge is -2.35. The molecular formula is C26H34N2O4S.